The monoisotopic (exact) mass is 288 g/mol. The van der Waals surface area contributed by atoms with Gasteiger partial charge >= 0.3 is 6.61 Å². The van der Waals surface area contributed by atoms with Crippen LogP contribution in [-0.4, -0.2) is 32.3 Å². The van der Waals surface area contributed by atoms with E-state index in [2.05, 4.69) is 10.1 Å². The van der Waals surface area contributed by atoms with Crippen LogP contribution in [0.5, 0.6) is 5.75 Å². The molecule has 20 heavy (non-hydrogen) atoms. The summed E-state index contributed by atoms with van der Waals surface area (Å²) in [7, 11) is 1.57. The molecule has 1 amide bonds. The number of nitrogens with one attached hydrogen (secondary N) is 1. The quantitative estimate of drug-likeness (QED) is 0.717. The van der Waals surface area contributed by atoms with Crippen molar-refractivity contribution in [3.8, 4) is 5.75 Å². The van der Waals surface area contributed by atoms with Crippen molar-refractivity contribution in [1.82, 2.24) is 0 Å². The van der Waals surface area contributed by atoms with Crippen molar-refractivity contribution in [3.63, 3.8) is 0 Å². The highest BCUT2D eigenvalue weighted by Gasteiger charge is 2.13. The van der Waals surface area contributed by atoms with Gasteiger partial charge in [0.1, 0.15) is 5.75 Å². The van der Waals surface area contributed by atoms with E-state index in [-0.39, 0.29) is 11.7 Å². The normalized spacial score (nSPS) is 12.2. The smallest absolute Gasteiger partial charge is 0.387 e. The van der Waals surface area contributed by atoms with Gasteiger partial charge in [-0.15, -0.1) is 0 Å². The lowest BCUT2D eigenvalue weighted by Gasteiger charge is -2.13. The fourth-order valence-electron chi connectivity index (χ4n) is 1.56. The van der Waals surface area contributed by atoms with Gasteiger partial charge in [0.15, 0.2) is 0 Å². The van der Waals surface area contributed by atoms with Gasteiger partial charge in [-0.2, -0.15) is 8.78 Å². The Balaban J connectivity index is 2.52. The highest BCUT2D eigenvalue weighted by molar-refractivity contribution is 5.94. The van der Waals surface area contributed by atoms with E-state index in [9.17, 15) is 13.6 Å². The van der Waals surface area contributed by atoms with Crippen molar-refractivity contribution in [1.29, 1.82) is 0 Å². The maximum absolute atomic E-state index is 12.1. The van der Waals surface area contributed by atoms with E-state index in [1.165, 1.54) is 18.2 Å². The standard InChI is InChI=1S/C13H18F2N2O3/c1-19-7-3-6-11(16)12(18)17-9-4-2-5-10(8-9)20-13(14)15/h2,4-5,8,11,13H,3,6-7,16H2,1H3,(H,17,18). The molecule has 0 radical (unpaired) electrons. The second kappa shape index (κ2) is 8.44. The zero-order valence-corrected chi connectivity index (χ0v) is 11.1. The minimum absolute atomic E-state index is 0.0224. The first-order chi connectivity index (χ1) is 9.52. The van der Waals surface area contributed by atoms with Crippen LogP contribution >= 0.6 is 0 Å². The Hall–Kier alpha value is -1.73. The summed E-state index contributed by atoms with van der Waals surface area (Å²) in [6.45, 7) is -2.38. The summed E-state index contributed by atoms with van der Waals surface area (Å²) in [6.07, 6.45) is 1.15. The van der Waals surface area contributed by atoms with E-state index >= 15 is 0 Å². The molecule has 0 aromatic heterocycles. The summed E-state index contributed by atoms with van der Waals surface area (Å²) in [4.78, 5) is 11.8. The number of rotatable bonds is 8. The van der Waals surface area contributed by atoms with E-state index in [0.29, 0.717) is 25.1 Å². The van der Waals surface area contributed by atoms with Gasteiger partial charge in [-0.1, -0.05) is 6.07 Å². The van der Waals surface area contributed by atoms with E-state index < -0.39 is 12.7 Å². The Morgan fingerprint density at radius 2 is 2.20 bits per heavy atom. The maximum atomic E-state index is 12.1. The van der Waals surface area contributed by atoms with Crippen molar-refractivity contribution in [2.24, 2.45) is 5.73 Å². The van der Waals surface area contributed by atoms with Gasteiger partial charge in [-0.25, -0.2) is 0 Å². The second-order valence-corrected chi connectivity index (χ2v) is 4.14. The van der Waals surface area contributed by atoms with Gasteiger partial charge < -0.3 is 20.5 Å². The molecule has 0 aliphatic carbocycles. The Kier molecular flexibility index (Phi) is 6.89. The molecule has 112 valence electrons. The largest absolute Gasteiger partial charge is 0.435 e. The second-order valence-electron chi connectivity index (χ2n) is 4.14. The zero-order valence-electron chi connectivity index (χ0n) is 11.1. The molecule has 1 aromatic carbocycles. The highest BCUT2D eigenvalue weighted by atomic mass is 19.3. The molecule has 0 bridgehead atoms. The Labute approximate surface area is 116 Å². The van der Waals surface area contributed by atoms with Crippen LogP contribution in [0.3, 0.4) is 0 Å². The van der Waals surface area contributed by atoms with E-state index in [4.69, 9.17) is 10.5 Å². The molecule has 0 saturated heterocycles. The number of halogens is 2. The van der Waals surface area contributed by atoms with E-state index in [1.54, 1.807) is 13.2 Å². The predicted octanol–water partition coefficient (Wildman–Crippen LogP) is 1.98. The van der Waals surface area contributed by atoms with Gasteiger partial charge in [0.05, 0.1) is 6.04 Å². The molecule has 0 spiro atoms. The third kappa shape index (κ3) is 5.94. The number of carbonyl (C=O) groups excluding carboxylic acids is 1. The molecule has 1 atom stereocenters. The number of ether oxygens (including phenoxy) is 2. The summed E-state index contributed by atoms with van der Waals surface area (Å²) >= 11 is 0. The Morgan fingerprint density at radius 1 is 1.45 bits per heavy atom. The molecule has 0 saturated carbocycles. The van der Waals surface area contributed by atoms with Crippen molar-refractivity contribution in [2.45, 2.75) is 25.5 Å². The number of carbonyl (C=O) groups is 1. The number of benzene rings is 1. The van der Waals surface area contributed by atoms with Crippen LogP contribution in [-0.2, 0) is 9.53 Å². The predicted molar refractivity (Wildman–Crippen MR) is 70.8 cm³/mol. The van der Waals surface area contributed by atoms with Crippen molar-refractivity contribution in [3.05, 3.63) is 24.3 Å². The number of hydrogen-bond acceptors (Lipinski definition) is 4. The minimum Gasteiger partial charge on any atom is -0.435 e. The van der Waals surface area contributed by atoms with E-state index in [0.717, 1.165) is 0 Å². The number of alkyl halides is 2. The molecule has 0 aliphatic heterocycles. The van der Waals surface area contributed by atoms with Gasteiger partial charge in [-0.3, -0.25) is 4.79 Å². The van der Waals surface area contributed by atoms with Crippen LogP contribution in [0.25, 0.3) is 0 Å². The molecule has 0 heterocycles. The number of hydrogen-bond donors (Lipinski definition) is 2. The van der Waals surface area contributed by atoms with Gasteiger partial charge in [0, 0.05) is 25.5 Å². The fraction of sp³-hybridized carbons (Fsp3) is 0.462. The SMILES string of the molecule is COCCCC(N)C(=O)Nc1cccc(OC(F)F)c1. The molecule has 1 aromatic rings. The van der Waals surface area contributed by atoms with Crippen LogP contribution in [0, 0.1) is 0 Å². The number of anilines is 1. The summed E-state index contributed by atoms with van der Waals surface area (Å²) in [6, 6.07) is 5.08. The van der Waals surface area contributed by atoms with Crippen LogP contribution < -0.4 is 15.8 Å². The third-order valence-corrected chi connectivity index (χ3v) is 2.53. The summed E-state index contributed by atoms with van der Waals surface area (Å²) in [5.41, 5.74) is 6.06. The topological polar surface area (TPSA) is 73.6 Å². The zero-order chi connectivity index (χ0) is 15.0. The molecule has 7 heteroatoms. The lowest BCUT2D eigenvalue weighted by atomic mass is 10.1. The third-order valence-electron chi connectivity index (χ3n) is 2.53. The average Bonchev–Trinajstić information content (AvgIpc) is 2.38. The van der Waals surface area contributed by atoms with Crippen LogP contribution in [0.15, 0.2) is 24.3 Å². The molecular weight excluding hydrogens is 270 g/mol. The van der Waals surface area contributed by atoms with Crippen LogP contribution in [0.1, 0.15) is 12.8 Å². The van der Waals surface area contributed by atoms with E-state index in [1.807, 2.05) is 0 Å². The number of methoxy groups -OCH3 is 1. The first-order valence-corrected chi connectivity index (χ1v) is 6.13. The van der Waals surface area contributed by atoms with Crippen LogP contribution in [0.2, 0.25) is 0 Å². The molecule has 1 rings (SSSR count). The van der Waals surface area contributed by atoms with Gasteiger partial charge in [-0.05, 0) is 25.0 Å². The van der Waals surface area contributed by atoms with Crippen molar-refractivity contribution >= 4 is 11.6 Å². The first kappa shape index (κ1) is 16.3. The Bertz CT molecular complexity index is 430. The fourth-order valence-corrected chi connectivity index (χ4v) is 1.56. The molecule has 5 nitrogen and oxygen atoms in total. The summed E-state index contributed by atoms with van der Waals surface area (Å²) in [5.74, 6) is -0.402. The van der Waals surface area contributed by atoms with Crippen molar-refractivity contribution < 1.29 is 23.0 Å². The highest BCUT2D eigenvalue weighted by Crippen LogP contribution is 2.19. The number of nitrogens with two attached hydrogens (primary N) is 1. The lowest BCUT2D eigenvalue weighted by molar-refractivity contribution is -0.117. The van der Waals surface area contributed by atoms with Gasteiger partial charge in [0.2, 0.25) is 5.91 Å². The average molecular weight is 288 g/mol. The minimum atomic E-state index is -2.91. The molecule has 0 aliphatic rings. The van der Waals surface area contributed by atoms with Crippen LogP contribution in [0.4, 0.5) is 14.5 Å². The molecule has 0 fully saturated rings. The summed E-state index contributed by atoms with van der Waals surface area (Å²) < 4.78 is 33.3. The maximum Gasteiger partial charge on any atom is 0.387 e. The van der Waals surface area contributed by atoms with Crippen molar-refractivity contribution in [2.75, 3.05) is 19.0 Å². The molecular formula is C13H18F2N2O3. The molecule has 3 N–H and O–H groups in total. The Morgan fingerprint density at radius 3 is 2.85 bits per heavy atom. The summed E-state index contributed by atoms with van der Waals surface area (Å²) in [5, 5.41) is 2.55. The first-order valence-electron chi connectivity index (χ1n) is 6.13. The number of amides is 1. The van der Waals surface area contributed by atoms with Gasteiger partial charge in [0.25, 0.3) is 0 Å². The molecule has 1 unspecified atom stereocenters. The lowest BCUT2D eigenvalue weighted by Crippen LogP contribution is -2.35.